The minimum atomic E-state index is -0.285. The largest absolute Gasteiger partial charge is 0.350 e. The van der Waals surface area contributed by atoms with Gasteiger partial charge in [0, 0.05) is 18.5 Å². The van der Waals surface area contributed by atoms with Crippen molar-refractivity contribution in [2.24, 2.45) is 5.73 Å². The lowest BCUT2D eigenvalue weighted by atomic mass is 9.96. The second-order valence-electron chi connectivity index (χ2n) is 4.92. The van der Waals surface area contributed by atoms with Crippen molar-refractivity contribution in [3.05, 3.63) is 11.6 Å². The number of carbonyl (C=O) groups is 1. The van der Waals surface area contributed by atoms with E-state index in [4.69, 9.17) is 5.73 Å². The van der Waals surface area contributed by atoms with Gasteiger partial charge in [0.1, 0.15) is 0 Å². The minimum Gasteiger partial charge on any atom is -0.350 e. The minimum absolute atomic E-state index is 0.0959. The molecule has 0 aliphatic heterocycles. The van der Waals surface area contributed by atoms with E-state index in [1.54, 1.807) is 0 Å². The van der Waals surface area contributed by atoms with Gasteiger partial charge in [-0.3, -0.25) is 4.79 Å². The molecule has 0 aromatic carbocycles. The lowest BCUT2D eigenvalue weighted by molar-refractivity contribution is -0.121. The van der Waals surface area contributed by atoms with Gasteiger partial charge in [-0.25, -0.2) is 0 Å². The van der Waals surface area contributed by atoms with Crippen LogP contribution in [-0.2, 0) is 4.79 Å². The molecule has 0 fully saturated rings. The van der Waals surface area contributed by atoms with Crippen molar-refractivity contribution in [2.45, 2.75) is 51.5 Å². The Bertz CT molecular complexity index is 256. The van der Waals surface area contributed by atoms with Gasteiger partial charge < -0.3 is 11.1 Å². The number of amides is 1. The van der Waals surface area contributed by atoms with Crippen LogP contribution in [0.4, 0.5) is 0 Å². The van der Waals surface area contributed by atoms with Gasteiger partial charge in [0.2, 0.25) is 5.91 Å². The van der Waals surface area contributed by atoms with Crippen molar-refractivity contribution in [1.29, 1.82) is 0 Å². The van der Waals surface area contributed by atoms with Gasteiger partial charge in [0.05, 0.1) is 0 Å². The molecular weight excluding hydrogens is 188 g/mol. The Balaban J connectivity index is 2.38. The van der Waals surface area contributed by atoms with Gasteiger partial charge >= 0.3 is 0 Å². The van der Waals surface area contributed by atoms with Crippen molar-refractivity contribution in [1.82, 2.24) is 5.32 Å². The fraction of sp³-hybridized carbons (Fsp3) is 0.750. The topological polar surface area (TPSA) is 55.1 Å². The van der Waals surface area contributed by atoms with Crippen LogP contribution in [0.15, 0.2) is 11.6 Å². The van der Waals surface area contributed by atoms with E-state index in [1.807, 2.05) is 13.8 Å². The quantitative estimate of drug-likeness (QED) is 0.694. The first kappa shape index (κ1) is 12.2. The fourth-order valence-corrected chi connectivity index (χ4v) is 1.74. The summed E-state index contributed by atoms with van der Waals surface area (Å²) in [7, 11) is 0. The number of rotatable bonds is 4. The zero-order valence-electron chi connectivity index (χ0n) is 9.81. The molecule has 0 saturated heterocycles. The van der Waals surface area contributed by atoms with E-state index in [9.17, 15) is 4.79 Å². The molecule has 0 atom stereocenters. The fourth-order valence-electron chi connectivity index (χ4n) is 1.74. The van der Waals surface area contributed by atoms with Gasteiger partial charge in [-0.1, -0.05) is 11.6 Å². The number of nitrogens with one attached hydrogen (secondary N) is 1. The average molecular weight is 210 g/mol. The van der Waals surface area contributed by atoms with Crippen LogP contribution >= 0.6 is 0 Å². The molecule has 0 unspecified atom stereocenters. The summed E-state index contributed by atoms with van der Waals surface area (Å²) in [6, 6.07) is 0. The van der Waals surface area contributed by atoms with Crippen molar-refractivity contribution in [3.8, 4) is 0 Å². The van der Waals surface area contributed by atoms with Crippen LogP contribution in [0.1, 0.15) is 46.0 Å². The molecule has 0 aromatic heterocycles. The van der Waals surface area contributed by atoms with Gasteiger partial charge in [-0.05, 0) is 39.5 Å². The maximum absolute atomic E-state index is 11.7. The lowest BCUT2D eigenvalue weighted by Crippen LogP contribution is -2.48. The molecule has 15 heavy (non-hydrogen) atoms. The molecule has 0 spiro atoms. The van der Waals surface area contributed by atoms with E-state index >= 15 is 0 Å². The Kier molecular flexibility index (Phi) is 4.33. The monoisotopic (exact) mass is 210 g/mol. The number of carbonyl (C=O) groups excluding carboxylic acids is 1. The maximum atomic E-state index is 11.7. The summed E-state index contributed by atoms with van der Waals surface area (Å²) in [5.41, 5.74) is 6.56. The predicted molar refractivity (Wildman–Crippen MR) is 62.4 cm³/mol. The van der Waals surface area contributed by atoms with Gasteiger partial charge in [-0.2, -0.15) is 0 Å². The second kappa shape index (κ2) is 5.31. The van der Waals surface area contributed by atoms with E-state index in [1.165, 1.54) is 18.4 Å². The molecule has 1 aliphatic carbocycles. The molecule has 1 amide bonds. The Morgan fingerprint density at radius 2 is 2.27 bits per heavy atom. The predicted octanol–water partition coefficient (Wildman–Crippen LogP) is 1.73. The molecule has 0 aromatic rings. The maximum Gasteiger partial charge on any atom is 0.224 e. The number of hydrogen-bond donors (Lipinski definition) is 2. The van der Waals surface area contributed by atoms with Crippen LogP contribution in [0.2, 0.25) is 0 Å². The molecule has 0 saturated carbocycles. The van der Waals surface area contributed by atoms with Crippen molar-refractivity contribution >= 4 is 5.91 Å². The summed E-state index contributed by atoms with van der Waals surface area (Å²) in [4.78, 5) is 11.7. The van der Waals surface area contributed by atoms with Crippen LogP contribution in [0.5, 0.6) is 0 Å². The van der Waals surface area contributed by atoms with Crippen LogP contribution in [0, 0.1) is 0 Å². The number of allylic oxidation sites excluding steroid dienone is 1. The van der Waals surface area contributed by atoms with E-state index in [0.717, 1.165) is 12.8 Å². The summed E-state index contributed by atoms with van der Waals surface area (Å²) in [6.45, 7) is 4.36. The van der Waals surface area contributed by atoms with Crippen molar-refractivity contribution in [3.63, 3.8) is 0 Å². The Morgan fingerprint density at radius 1 is 1.53 bits per heavy atom. The third kappa shape index (κ3) is 4.47. The zero-order chi connectivity index (χ0) is 11.3. The van der Waals surface area contributed by atoms with Crippen molar-refractivity contribution < 1.29 is 4.79 Å². The van der Waals surface area contributed by atoms with Gasteiger partial charge in [-0.15, -0.1) is 0 Å². The normalized spacial score (nSPS) is 17.1. The van der Waals surface area contributed by atoms with E-state index in [2.05, 4.69) is 11.4 Å². The van der Waals surface area contributed by atoms with Crippen LogP contribution in [-0.4, -0.2) is 18.0 Å². The molecule has 3 heteroatoms. The zero-order valence-corrected chi connectivity index (χ0v) is 9.81. The Hall–Kier alpha value is -0.830. The highest BCUT2D eigenvalue weighted by molar-refractivity contribution is 5.79. The molecular formula is C12H22N2O. The molecule has 0 bridgehead atoms. The molecule has 3 N–H and O–H groups in total. The SMILES string of the molecule is CC(C)(CN)NC(=O)CC1=CCCCC1. The summed E-state index contributed by atoms with van der Waals surface area (Å²) < 4.78 is 0. The molecule has 0 radical (unpaired) electrons. The highest BCUT2D eigenvalue weighted by Crippen LogP contribution is 2.20. The van der Waals surface area contributed by atoms with Gasteiger partial charge in [0.25, 0.3) is 0 Å². The smallest absolute Gasteiger partial charge is 0.224 e. The summed E-state index contributed by atoms with van der Waals surface area (Å²) in [6.07, 6.45) is 7.44. The molecule has 3 nitrogen and oxygen atoms in total. The molecule has 1 aliphatic rings. The number of nitrogens with two attached hydrogens (primary N) is 1. The first-order chi connectivity index (χ1) is 7.03. The average Bonchev–Trinajstić information content (AvgIpc) is 2.18. The number of hydrogen-bond acceptors (Lipinski definition) is 2. The summed E-state index contributed by atoms with van der Waals surface area (Å²) in [5, 5.41) is 2.95. The van der Waals surface area contributed by atoms with Crippen LogP contribution in [0.3, 0.4) is 0 Å². The molecule has 86 valence electrons. The lowest BCUT2D eigenvalue weighted by Gasteiger charge is -2.24. The highest BCUT2D eigenvalue weighted by Gasteiger charge is 2.18. The third-order valence-electron chi connectivity index (χ3n) is 2.76. The van der Waals surface area contributed by atoms with E-state index in [0.29, 0.717) is 13.0 Å². The standard InChI is InChI=1S/C12H22N2O/c1-12(2,9-13)14-11(15)8-10-6-4-3-5-7-10/h6H,3-5,7-9,13H2,1-2H3,(H,14,15). The first-order valence-electron chi connectivity index (χ1n) is 5.72. The highest BCUT2D eigenvalue weighted by atomic mass is 16.1. The molecule has 0 heterocycles. The van der Waals surface area contributed by atoms with Crippen molar-refractivity contribution in [2.75, 3.05) is 6.54 Å². The van der Waals surface area contributed by atoms with Crippen LogP contribution < -0.4 is 11.1 Å². The summed E-state index contributed by atoms with van der Waals surface area (Å²) in [5.74, 6) is 0.0959. The first-order valence-corrected chi connectivity index (χ1v) is 5.72. The third-order valence-corrected chi connectivity index (χ3v) is 2.76. The second-order valence-corrected chi connectivity index (χ2v) is 4.92. The van der Waals surface area contributed by atoms with Crippen LogP contribution in [0.25, 0.3) is 0 Å². The molecule has 1 rings (SSSR count). The Labute approximate surface area is 92.1 Å². The van der Waals surface area contributed by atoms with E-state index in [-0.39, 0.29) is 11.4 Å². The van der Waals surface area contributed by atoms with Gasteiger partial charge in [0.15, 0.2) is 0 Å². The van der Waals surface area contributed by atoms with E-state index < -0.39 is 0 Å². The summed E-state index contributed by atoms with van der Waals surface area (Å²) >= 11 is 0. The Morgan fingerprint density at radius 3 is 2.80 bits per heavy atom.